The summed E-state index contributed by atoms with van der Waals surface area (Å²) in [6.07, 6.45) is 9.89. The van der Waals surface area contributed by atoms with Crippen LogP contribution in [0.4, 0.5) is 0 Å². The zero-order chi connectivity index (χ0) is 30.5. The number of carbonyl (C=O) groups is 2. The highest BCUT2D eigenvalue weighted by Crippen LogP contribution is 2.46. The van der Waals surface area contributed by atoms with E-state index >= 15 is 0 Å². The van der Waals surface area contributed by atoms with E-state index in [4.69, 9.17) is 14.2 Å². The molecule has 3 rings (SSSR count). The molecule has 1 aromatic rings. The summed E-state index contributed by atoms with van der Waals surface area (Å²) in [4.78, 5) is 26.5. The molecule has 0 spiro atoms. The van der Waals surface area contributed by atoms with Crippen molar-refractivity contribution in [3.05, 3.63) is 63.3 Å². The van der Waals surface area contributed by atoms with E-state index in [1.807, 2.05) is 85.4 Å². The van der Waals surface area contributed by atoms with E-state index in [1.54, 1.807) is 13.2 Å². The van der Waals surface area contributed by atoms with Crippen molar-refractivity contribution in [2.75, 3.05) is 19.5 Å². The molecule has 0 heterocycles. The van der Waals surface area contributed by atoms with E-state index in [1.165, 1.54) is 32.1 Å². The first-order valence-electron chi connectivity index (χ1n) is 14.9. The Morgan fingerprint density at radius 1 is 1.02 bits per heavy atom. The van der Waals surface area contributed by atoms with Crippen LogP contribution < -0.4 is 4.74 Å². The normalized spacial score (nSPS) is 22.4. The van der Waals surface area contributed by atoms with Gasteiger partial charge in [-0.1, -0.05) is 30.9 Å². The zero-order valence-corrected chi connectivity index (χ0v) is 27.7. The fraction of sp³-hybridized carbons (Fsp3) is 0.600. The average Bonchev–Trinajstić information content (AvgIpc) is 2.89. The number of esters is 1. The SMILES string of the molecule is COC1C(C)=C(C(=O)OC(C)(C)C)C(C)=C(C)C1(C)C=CC(=O)c1cc(C)c(OCCSC2CCCCC2)c(C)c1. The Labute approximate surface area is 252 Å². The fourth-order valence-electron chi connectivity index (χ4n) is 6.20. The smallest absolute Gasteiger partial charge is 0.338 e. The minimum Gasteiger partial charge on any atom is -0.492 e. The number of ketones is 1. The third kappa shape index (κ3) is 7.95. The van der Waals surface area contributed by atoms with E-state index in [2.05, 4.69) is 6.92 Å². The zero-order valence-electron chi connectivity index (χ0n) is 26.9. The Morgan fingerprint density at radius 3 is 2.20 bits per heavy atom. The monoisotopic (exact) mass is 582 g/mol. The van der Waals surface area contributed by atoms with Crippen molar-refractivity contribution in [1.29, 1.82) is 0 Å². The van der Waals surface area contributed by atoms with Crippen LogP contribution >= 0.6 is 11.8 Å². The Kier molecular flexibility index (Phi) is 11.2. The van der Waals surface area contributed by atoms with Crippen molar-refractivity contribution in [2.45, 2.75) is 111 Å². The summed E-state index contributed by atoms with van der Waals surface area (Å²) in [6, 6.07) is 3.83. The maximum Gasteiger partial charge on any atom is 0.338 e. The van der Waals surface area contributed by atoms with Gasteiger partial charge in [-0.3, -0.25) is 4.79 Å². The molecule has 1 saturated carbocycles. The molecule has 0 radical (unpaired) electrons. The van der Waals surface area contributed by atoms with Gasteiger partial charge < -0.3 is 14.2 Å². The van der Waals surface area contributed by atoms with Crippen LogP contribution in [0.15, 0.2) is 46.6 Å². The molecule has 0 amide bonds. The fourth-order valence-corrected chi connectivity index (χ4v) is 7.38. The van der Waals surface area contributed by atoms with E-state index < -0.39 is 17.1 Å². The van der Waals surface area contributed by atoms with Crippen LogP contribution in [0.25, 0.3) is 0 Å². The maximum absolute atomic E-state index is 13.4. The molecule has 5 nitrogen and oxygen atoms in total. The Bertz CT molecular complexity index is 1200. The first kappa shape index (κ1) is 33.2. The molecule has 226 valence electrons. The van der Waals surface area contributed by atoms with Gasteiger partial charge in [-0.05, 0) is 116 Å². The summed E-state index contributed by atoms with van der Waals surface area (Å²) in [7, 11) is 1.64. The molecule has 2 unspecified atom stereocenters. The van der Waals surface area contributed by atoms with Crippen molar-refractivity contribution >= 4 is 23.5 Å². The number of hydrogen-bond acceptors (Lipinski definition) is 6. The van der Waals surface area contributed by atoms with Gasteiger partial charge in [0.25, 0.3) is 0 Å². The third-order valence-electron chi connectivity index (χ3n) is 8.48. The van der Waals surface area contributed by atoms with Crippen LogP contribution in [0.5, 0.6) is 5.75 Å². The van der Waals surface area contributed by atoms with Crippen LogP contribution in [-0.4, -0.2) is 48.2 Å². The standard InChI is InChI=1S/C35H50O5S/c1-22-20-27(21-23(2)31(22)39-18-19-41-28-14-12-11-13-15-28)29(36)16-17-35(9)26(5)24(3)30(25(4)32(35)38-10)33(37)40-34(6,7)8/h16-17,20-21,28,32H,11-15,18-19H2,1-10H3. The highest BCUT2D eigenvalue weighted by molar-refractivity contribution is 7.99. The van der Waals surface area contributed by atoms with E-state index in [0.717, 1.165) is 44.6 Å². The lowest BCUT2D eigenvalue weighted by molar-refractivity contribution is -0.149. The van der Waals surface area contributed by atoms with Gasteiger partial charge in [-0.25, -0.2) is 4.79 Å². The lowest BCUT2D eigenvalue weighted by Gasteiger charge is -2.42. The summed E-state index contributed by atoms with van der Waals surface area (Å²) in [5.74, 6) is 1.44. The van der Waals surface area contributed by atoms with Crippen LogP contribution in [-0.2, 0) is 14.3 Å². The van der Waals surface area contributed by atoms with Crippen molar-refractivity contribution in [3.63, 3.8) is 0 Å². The Balaban J connectivity index is 1.75. The number of hydrogen-bond donors (Lipinski definition) is 0. The minimum atomic E-state index is -0.604. The van der Waals surface area contributed by atoms with Crippen molar-refractivity contribution in [2.24, 2.45) is 5.41 Å². The molecule has 0 bridgehead atoms. The number of rotatable bonds is 10. The molecule has 2 aliphatic rings. The predicted molar refractivity (Wildman–Crippen MR) is 170 cm³/mol. The second-order valence-corrected chi connectivity index (χ2v) is 14.2. The van der Waals surface area contributed by atoms with Crippen LogP contribution in [0, 0.1) is 19.3 Å². The molecule has 0 saturated heterocycles. The maximum atomic E-state index is 13.4. The van der Waals surface area contributed by atoms with Gasteiger partial charge >= 0.3 is 5.97 Å². The van der Waals surface area contributed by atoms with E-state index in [0.29, 0.717) is 17.7 Å². The number of aryl methyl sites for hydroxylation is 2. The van der Waals surface area contributed by atoms with Gasteiger partial charge in [-0.15, -0.1) is 0 Å². The van der Waals surface area contributed by atoms with Gasteiger partial charge in [0.05, 0.1) is 18.3 Å². The molecular weight excluding hydrogens is 532 g/mol. The summed E-state index contributed by atoms with van der Waals surface area (Å²) >= 11 is 2.03. The predicted octanol–water partition coefficient (Wildman–Crippen LogP) is 8.52. The average molecular weight is 583 g/mol. The first-order chi connectivity index (χ1) is 19.2. The molecule has 1 fully saturated rings. The van der Waals surface area contributed by atoms with Crippen molar-refractivity contribution < 1.29 is 23.8 Å². The minimum absolute atomic E-state index is 0.0725. The largest absolute Gasteiger partial charge is 0.492 e. The molecule has 2 aliphatic carbocycles. The molecular formula is C35H50O5S. The second-order valence-electron chi connectivity index (χ2n) is 12.8. The summed E-state index contributed by atoms with van der Waals surface area (Å²) < 4.78 is 17.8. The van der Waals surface area contributed by atoms with Gasteiger partial charge in [0.2, 0.25) is 0 Å². The quantitative estimate of drug-likeness (QED) is 0.119. The lowest BCUT2D eigenvalue weighted by Crippen LogP contribution is -2.40. The number of methoxy groups -OCH3 is 1. The molecule has 0 aliphatic heterocycles. The number of allylic oxidation sites excluding steroid dienone is 1. The summed E-state index contributed by atoms with van der Waals surface area (Å²) in [6.45, 7) is 18.2. The molecule has 0 N–H and O–H groups in total. The highest BCUT2D eigenvalue weighted by atomic mass is 32.2. The molecule has 1 aromatic carbocycles. The number of thioether (sulfide) groups is 1. The molecule has 0 aromatic heterocycles. The topological polar surface area (TPSA) is 61.8 Å². The Hall–Kier alpha value is -2.31. The lowest BCUT2D eigenvalue weighted by atomic mass is 9.67. The van der Waals surface area contributed by atoms with Crippen LogP contribution in [0.1, 0.15) is 102 Å². The number of carbonyl (C=O) groups excluding carboxylic acids is 2. The van der Waals surface area contributed by atoms with Gasteiger partial charge in [0.15, 0.2) is 5.78 Å². The summed E-state index contributed by atoms with van der Waals surface area (Å²) in [5.41, 5.74) is 4.56. The van der Waals surface area contributed by atoms with Crippen LogP contribution in [0.2, 0.25) is 0 Å². The molecule has 2 atom stereocenters. The van der Waals surface area contributed by atoms with Crippen molar-refractivity contribution in [3.8, 4) is 5.75 Å². The van der Waals surface area contributed by atoms with Gasteiger partial charge in [-0.2, -0.15) is 11.8 Å². The van der Waals surface area contributed by atoms with Crippen molar-refractivity contribution in [1.82, 2.24) is 0 Å². The molecule has 41 heavy (non-hydrogen) atoms. The molecule has 6 heteroatoms. The first-order valence-corrected chi connectivity index (χ1v) is 16.0. The van der Waals surface area contributed by atoms with Crippen LogP contribution in [0.3, 0.4) is 0 Å². The van der Waals surface area contributed by atoms with E-state index in [9.17, 15) is 9.59 Å². The van der Waals surface area contributed by atoms with Gasteiger partial charge in [0.1, 0.15) is 11.4 Å². The second kappa shape index (κ2) is 13.8. The Morgan fingerprint density at radius 2 is 1.63 bits per heavy atom. The highest BCUT2D eigenvalue weighted by Gasteiger charge is 2.43. The van der Waals surface area contributed by atoms with E-state index in [-0.39, 0.29) is 11.8 Å². The van der Waals surface area contributed by atoms with Gasteiger partial charge in [0, 0.05) is 29.1 Å². The number of benzene rings is 1. The number of ether oxygens (including phenoxy) is 3. The summed E-state index contributed by atoms with van der Waals surface area (Å²) in [5, 5.41) is 0.774. The third-order valence-corrected chi connectivity index (χ3v) is 9.82.